The fourth-order valence-corrected chi connectivity index (χ4v) is 2.70. The van der Waals surface area contributed by atoms with Crippen molar-refractivity contribution in [2.45, 2.75) is 32.9 Å². The molecule has 0 aliphatic carbocycles. The summed E-state index contributed by atoms with van der Waals surface area (Å²) in [5.74, 6) is 0.809. The van der Waals surface area contributed by atoms with E-state index in [4.69, 9.17) is 20.4 Å². The Labute approximate surface area is 143 Å². The Kier molecular flexibility index (Phi) is 4.49. The molecular weight excluding hydrogens is 332 g/mol. The SMILES string of the molecule is Cc1ccc([C@@H](C)NC(=O)CCn2c(=O)oc3cc(Cl)ccc32)o1. The van der Waals surface area contributed by atoms with Crippen LogP contribution in [-0.2, 0) is 11.3 Å². The first-order chi connectivity index (χ1) is 11.4. The minimum absolute atomic E-state index is 0.154. The molecule has 24 heavy (non-hydrogen) atoms. The third kappa shape index (κ3) is 3.38. The lowest BCUT2D eigenvalue weighted by molar-refractivity contribution is -0.122. The molecule has 2 aromatic heterocycles. The fraction of sp³-hybridized carbons (Fsp3) is 0.294. The number of hydrogen-bond donors (Lipinski definition) is 1. The summed E-state index contributed by atoms with van der Waals surface area (Å²) >= 11 is 5.88. The largest absolute Gasteiger partial charge is 0.464 e. The monoisotopic (exact) mass is 348 g/mol. The number of aromatic nitrogens is 1. The van der Waals surface area contributed by atoms with Crippen molar-refractivity contribution in [3.8, 4) is 0 Å². The van der Waals surface area contributed by atoms with Gasteiger partial charge in [0, 0.05) is 24.1 Å². The molecule has 0 fully saturated rings. The number of hydrogen-bond acceptors (Lipinski definition) is 4. The summed E-state index contributed by atoms with van der Waals surface area (Å²) in [5, 5.41) is 3.34. The van der Waals surface area contributed by atoms with Gasteiger partial charge in [0.2, 0.25) is 5.91 Å². The van der Waals surface area contributed by atoms with Gasteiger partial charge in [-0.15, -0.1) is 0 Å². The van der Waals surface area contributed by atoms with Crippen molar-refractivity contribution >= 4 is 28.6 Å². The third-order valence-corrected chi connectivity index (χ3v) is 3.99. The molecule has 0 spiro atoms. The van der Waals surface area contributed by atoms with E-state index >= 15 is 0 Å². The van der Waals surface area contributed by atoms with Gasteiger partial charge < -0.3 is 14.2 Å². The van der Waals surface area contributed by atoms with E-state index in [0.29, 0.717) is 21.9 Å². The predicted octanol–water partition coefficient (Wildman–Crippen LogP) is 3.42. The van der Waals surface area contributed by atoms with E-state index in [2.05, 4.69) is 5.32 Å². The van der Waals surface area contributed by atoms with Crippen molar-refractivity contribution in [3.63, 3.8) is 0 Å². The van der Waals surface area contributed by atoms with Crippen molar-refractivity contribution in [3.05, 3.63) is 57.4 Å². The topological polar surface area (TPSA) is 77.4 Å². The van der Waals surface area contributed by atoms with Crippen LogP contribution in [0.2, 0.25) is 5.02 Å². The minimum atomic E-state index is -0.505. The van der Waals surface area contributed by atoms with Crippen LogP contribution in [0.5, 0.6) is 0 Å². The summed E-state index contributed by atoms with van der Waals surface area (Å²) in [6.07, 6.45) is 0.154. The van der Waals surface area contributed by atoms with Crippen LogP contribution in [-0.4, -0.2) is 10.5 Å². The van der Waals surface area contributed by atoms with Crippen LogP contribution in [0.15, 0.2) is 44.0 Å². The molecule has 3 rings (SSSR count). The molecule has 0 radical (unpaired) electrons. The van der Waals surface area contributed by atoms with Gasteiger partial charge >= 0.3 is 5.76 Å². The standard InChI is InChI=1S/C17H17ClN2O4/c1-10-3-6-14(23-10)11(2)19-16(21)7-8-20-13-5-4-12(18)9-15(13)24-17(20)22/h3-6,9,11H,7-8H2,1-2H3,(H,19,21)/t11-/m1/s1. The van der Waals surface area contributed by atoms with E-state index in [1.54, 1.807) is 18.2 Å². The first kappa shape index (κ1) is 16.4. The number of fused-ring (bicyclic) bond motifs is 1. The molecule has 6 nitrogen and oxygen atoms in total. The second-order valence-electron chi connectivity index (χ2n) is 5.62. The second kappa shape index (κ2) is 6.57. The maximum atomic E-state index is 12.1. The Morgan fingerprint density at radius 1 is 1.29 bits per heavy atom. The smallest absolute Gasteiger partial charge is 0.419 e. The number of furan rings is 1. The minimum Gasteiger partial charge on any atom is -0.464 e. The molecule has 126 valence electrons. The molecule has 0 aliphatic rings. The van der Waals surface area contributed by atoms with Gasteiger partial charge in [0.05, 0.1) is 11.6 Å². The lowest BCUT2D eigenvalue weighted by Crippen LogP contribution is -2.28. The summed E-state index contributed by atoms with van der Waals surface area (Å²) in [6.45, 7) is 3.92. The summed E-state index contributed by atoms with van der Waals surface area (Å²) in [5.41, 5.74) is 1.03. The molecule has 2 heterocycles. The molecule has 0 saturated carbocycles. The number of nitrogens with zero attached hydrogens (tertiary/aromatic N) is 1. The van der Waals surface area contributed by atoms with Crippen LogP contribution in [0.4, 0.5) is 0 Å². The van der Waals surface area contributed by atoms with Crippen LogP contribution >= 0.6 is 11.6 Å². The molecule has 0 bridgehead atoms. The summed E-state index contributed by atoms with van der Waals surface area (Å²) in [7, 11) is 0. The van der Waals surface area contributed by atoms with E-state index in [1.807, 2.05) is 26.0 Å². The van der Waals surface area contributed by atoms with Crippen molar-refractivity contribution < 1.29 is 13.6 Å². The second-order valence-corrected chi connectivity index (χ2v) is 6.06. The molecule has 1 atom stereocenters. The first-order valence-electron chi connectivity index (χ1n) is 7.58. The highest BCUT2D eigenvalue weighted by atomic mass is 35.5. The number of halogens is 1. The number of nitrogens with one attached hydrogen (secondary N) is 1. The fourth-order valence-electron chi connectivity index (χ4n) is 2.54. The van der Waals surface area contributed by atoms with Crippen LogP contribution in [0.1, 0.15) is 30.9 Å². The highest BCUT2D eigenvalue weighted by molar-refractivity contribution is 6.31. The van der Waals surface area contributed by atoms with Gasteiger partial charge in [0.15, 0.2) is 5.58 Å². The van der Waals surface area contributed by atoms with Crippen LogP contribution in [0.3, 0.4) is 0 Å². The van der Waals surface area contributed by atoms with Crippen LogP contribution < -0.4 is 11.1 Å². The number of carbonyl (C=O) groups excluding carboxylic acids is 1. The molecule has 0 unspecified atom stereocenters. The number of amides is 1. The van der Waals surface area contributed by atoms with Gasteiger partial charge in [-0.3, -0.25) is 9.36 Å². The summed E-state index contributed by atoms with van der Waals surface area (Å²) in [4.78, 5) is 24.0. The number of rotatable bonds is 5. The molecule has 0 saturated heterocycles. The normalized spacial score (nSPS) is 12.5. The zero-order valence-electron chi connectivity index (χ0n) is 13.3. The maximum Gasteiger partial charge on any atom is 0.419 e. The van der Waals surface area contributed by atoms with Crippen molar-refractivity contribution in [2.24, 2.45) is 0 Å². The Morgan fingerprint density at radius 2 is 2.08 bits per heavy atom. The molecule has 3 aromatic rings. The number of benzene rings is 1. The van der Waals surface area contributed by atoms with E-state index in [1.165, 1.54) is 4.57 Å². The van der Waals surface area contributed by atoms with Gasteiger partial charge in [0.25, 0.3) is 0 Å². The Morgan fingerprint density at radius 3 is 2.79 bits per heavy atom. The van der Waals surface area contributed by atoms with E-state index < -0.39 is 5.76 Å². The highest BCUT2D eigenvalue weighted by Gasteiger charge is 2.15. The summed E-state index contributed by atoms with van der Waals surface area (Å²) < 4.78 is 12.1. The molecule has 1 aromatic carbocycles. The Balaban J connectivity index is 1.66. The van der Waals surface area contributed by atoms with E-state index in [0.717, 1.165) is 5.76 Å². The lowest BCUT2D eigenvalue weighted by atomic mass is 10.2. The van der Waals surface area contributed by atoms with E-state index in [-0.39, 0.29) is 24.9 Å². The summed E-state index contributed by atoms with van der Waals surface area (Å²) in [6, 6.07) is 8.41. The number of carbonyl (C=O) groups is 1. The van der Waals surface area contributed by atoms with Gasteiger partial charge in [-0.2, -0.15) is 0 Å². The molecule has 0 aliphatic heterocycles. The van der Waals surface area contributed by atoms with Gasteiger partial charge in [0.1, 0.15) is 11.5 Å². The average Bonchev–Trinajstić information content (AvgIpc) is 3.08. The third-order valence-electron chi connectivity index (χ3n) is 3.76. The quantitative estimate of drug-likeness (QED) is 0.766. The molecule has 7 heteroatoms. The van der Waals surface area contributed by atoms with Gasteiger partial charge in [-0.1, -0.05) is 11.6 Å². The van der Waals surface area contributed by atoms with Gasteiger partial charge in [-0.05, 0) is 38.1 Å². The lowest BCUT2D eigenvalue weighted by Gasteiger charge is -2.11. The predicted molar refractivity (Wildman–Crippen MR) is 90.1 cm³/mol. The first-order valence-corrected chi connectivity index (χ1v) is 7.96. The molecular formula is C17H17ClN2O4. The Bertz CT molecular complexity index is 938. The van der Waals surface area contributed by atoms with Crippen LogP contribution in [0.25, 0.3) is 11.1 Å². The zero-order chi connectivity index (χ0) is 17.3. The van der Waals surface area contributed by atoms with Crippen molar-refractivity contribution in [2.75, 3.05) is 0 Å². The number of oxazole rings is 1. The maximum absolute atomic E-state index is 12.1. The van der Waals surface area contributed by atoms with Crippen molar-refractivity contribution in [1.82, 2.24) is 9.88 Å². The Hall–Kier alpha value is -2.47. The highest BCUT2D eigenvalue weighted by Crippen LogP contribution is 2.19. The van der Waals surface area contributed by atoms with E-state index in [9.17, 15) is 9.59 Å². The zero-order valence-corrected chi connectivity index (χ0v) is 14.1. The number of aryl methyl sites for hydroxylation is 2. The molecule has 1 amide bonds. The van der Waals surface area contributed by atoms with Gasteiger partial charge in [-0.25, -0.2) is 4.79 Å². The van der Waals surface area contributed by atoms with Crippen molar-refractivity contribution in [1.29, 1.82) is 0 Å². The van der Waals surface area contributed by atoms with Crippen LogP contribution in [0, 0.1) is 6.92 Å². The average molecular weight is 349 g/mol. The molecule has 1 N–H and O–H groups in total.